The molecule has 0 bridgehead atoms. The molecule has 6 fully saturated rings. The van der Waals surface area contributed by atoms with Crippen molar-refractivity contribution in [3.63, 3.8) is 0 Å². The number of hydrogen-bond acceptors (Lipinski definition) is 18. The molecule has 6 aliphatic heterocycles. The van der Waals surface area contributed by atoms with E-state index in [2.05, 4.69) is 0 Å². The van der Waals surface area contributed by atoms with Crippen molar-refractivity contribution in [3.05, 3.63) is 0 Å². The van der Waals surface area contributed by atoms with E-state index in [4.69, 9.17) is 87.1 Å². The van der Waals surface area contributed by atoms with Crippen LogP contribution in [0.2, 0.25) is 0 Å². The van der Waals surface area contributed by atoms with Gasteiger partial charge in [0.25, 0.3) is 0 Å². The van der Waals surface area contributed by atoms with Crippen LogP contribution < -0.4 is 0 Å². The number of hydrogen-bond donors (Lipinski definition) is 5. The second kappa shape index (κ2) is 24.8. The summed E-state index contributed by atoms with van der Waals surface area (Å²) in [6.45, 7) is 14.7. The lowest BCUT2D eigenvalue weighted by Gasteiger charge is -2.20. The maximum absolute atomic E-state index is 9.13. The summed E-state index contributed by atoms with van der Waals surface area (Å²) >= 11 is 0. The summed E-state index contributed by atoms with van der Waals surface area (Å²) in [6, 6.07) is 0. The predicted octanol–water partition coefficient (Wildman–Crippen LogP) is 0.406. The normalized spacial score (nSPS) is 37.2. The van der Waals surface area contributed by atoms with Crippen LogP contribution in [0.15, 0.2) is 0 Å². The zero-order valence-corrected chi connectivity index (χ0v) is 33.0. The lowest BCUT2D eigenvalue weighted by atomic mass is 10.2. The molecule has 6 rings (SSSR count). The van der Waals surface area contributed by atoms with Crippen LogP contribution in [0.25, 0.3) is 0 Å². The van der Waals surface area contributed by atoms with Crippen molar-refractivity contribution in [3.8, 4) is 0 Å². The fourth-order valence-corrected chi connectivity index (χ4v) is 5.99. The molecule has 0 aliphatic carbocycles. The minimum absolute atomic E-state index is 0.00264. The van der Waals surface area contributed by atoms with Crippen LogP contribution in [0.4, 0.5) is 0 Å². The topological polar surface area (TPSA) is 221 Å². The van der Waals surface area contributed by atoms with Gasteiger partial charge in [-0.25, -0.2) is 0 Å². The van der Waals surface area contributed by atoms with Crippen molar-refractivity contribution >= 4 is 0 Å². The molecule has 316 valence electrons. The molecule has 18 nitrogen and oxygen atoms in total. The van der Waals surface area contributed by atoms with E-state index in [1.807, 2.05) is 41.5 Å². The van der Waals surface area contributed by atoms with Crippen LogP contribution in [0, 0.1) is 0 Å². The lowest BCUT2D eigenvalue weighted by molar-refractivity contribution is -0.209. The minimum atomic E-state index is -1.06. The van der Waals surface area contributed by atoms with Crippen LogP contribution in [0.3, 0.4) is 0 Å². The standard InChI is InChI=1S/C11H20O5.C8H16O5.C8H14O4.C6H12O4.C2H6/c1-11(2)15-9-6-8(14-10(9)16-11)7-13-5-4-12-3;1-11-2-3-12-5-6-4-7(9)8(10)13-6;1-8(2)11-6-3-5(4-9)10-7(6)12-8;1-9-6-5(8)2-4(3-7)10-6;1-2/h8-10H,4-7H2,1-3H3;6-10H,2-5H2,1H3;5-7,9H,3-4H2,1-2H3;4-8H,2-3H2,1H3;1-2H3/t8-,9-,10+;6-,7-,8?;5-,6-,7+;4-,5-,6?;/m0000./s1. The van der Waals surface area contributed by atoms with Gasteiger partial charge in [-0.1, -0.05) is 13.8 Å². The second-order valence-electron chi connectivity index (χ2n) is 13.7. The molecule has 2 unspecified atom stereocenters. The third-order valence-electron chi connectivity index (χ3n) is 8.34. The molecule has 12 atom stereocenters. The Hall–Kier alpha value is -0.720. The zero-order chi connectivity index (χ0) is 39.6. The van der Waals surface area contributed by atoms with E-state index in [9.17, 15) is 0 Å². The first-order valence-corrected chi connectivity index (χ1v) is 18.5. The predicted molar refractivity (Wildman–Crippen MR) is 185 cm³/mol. The first-order chi connectivity index (χ1) is 25.2. The Bertz CT molecular complexity index is 903. The largest absolute Gasteiger partial charge is 0.394 e. The van der Waals surface area contributed by atoms with Gasteiger partial charge in [-0.3, -0.25) is 0 Å². The van der Waals surface area contributed by atoms with E-state index in [-0.39, 0.29) is 62.4 Å². The summed E-state index contributed by atoms with van der Waals surface area (Å²) in [5, 5.41) is 44.7. The number of aliphatic hydroxyl groups is 5. The Morgan fingerprint density at radius 1 is 0.547 bits per heavy atom. The van der Waals surface area contributed by atoms with Gasteiger partial charge in [0.2, 0.25) is 0 Å². The van der Waals surface area contributed by atoms with Crippen molar-refractivity contribution in [1.29, 1.82) is 0 Å². The average molecular weight is 777 g/mol. The fraction of sp³-hybridized carbons (Fsp3) is 1.00. The lowest BCUT2D eigenvalue weighted by Crippen LogP contribution is -2.26. The molecule has 0 amide bonds. The first kappa shape index (κ1) is 48.4. The molecule has 0 spiro atoms. The molecule has 0 aromatic rings. The summed E-state index contributed by atoms with van der Waals surface area (Å²) in [7, 11) is 4.72. The highest BCUT2D eigenvalue weighted by Crippen LogP contribution is 2.38. The molecule has 6 heterocycles. The Morgan fingerprint density at radius 2 is 0.981 bits per heavy atom. The van der Waals surface area contributed by atoms with Crippen molar-refractivity contribution < 1.29 is 87.1 Å². The Kier molecular flexibility index (Phi) is 22.7. The number of methoxy groups -OCH3 is 3. The van der Waals surface area contributed by atoms with Gasteiger partial charge in [0.1, 0.15) is 24.4 Å². The van der Waals surface area contributed by atoms with E-state index in [0.29, 0.717) is 52.5 Å². The van der Waals surface area contributed by atoms with Crippen LogP contribution in [0.1, 0.15) is 67.2 Å². The van der Waals surface area contributed by atoms with Crippen LogP contribution in [0.5, 0.6) is 0 Å². The minimum Gasteiger partial charge on any atom is -0.394 e. The van der Waals surface area contributed by atoms with E-state index in [1.165, 1.54) is 7.11 Å². The van der Waals surface area contributed by atoms with Crippen molar-refractivity contribution in [1.82, 2.24) is 0 Å². The third kappa shape index (κ3) is 17.1. The fourth-order valence-electron chi connectivity index (χ4n) is 5.99. The molecular formula is C35H68O18. The van der Waals surface area contributed by atoms with Crippen LogP contribution >= 0.6 is 0 Å². The smallest absolute Gasteiger partial charge is 0.187 e. The Balaban J connectivity index is 0.000000244. The van der Waals surface area contributed by atoms with Gasteiger partial charge >= 0.3 is 0 Å². The summed E-state index contributed by atoms with van der Waals surface area (Å²) in [5.74, 6) is -1.05. The maximum Gasteiger partial charge on any atom is 0.187 e. The van der Waals surface area contributed by atoms with Crippen molar-refractivity contribution in [2.24, 2.45) is 0 Å². The van der Waals surface area contributed by atoms with Gasteiger partial charge in [0.15, 0.2) is 36.7 Å². The van der Waals surface area contributed by atoms with Gasteiger partial charge < -0.3 is 87.1 Å². The highest BCUT2D eigenvalue weighted by Gasteiger charge is 2.49. The summed E-state index contributed by atoms with van der Waals surface area (Å²) < 4.78 is 68.5. The second-order valence-corrected chi connectivity index (χ2v) is 13.7. The first-order valence-electron chi connectivity index (χ1n) is 18.5. The van der Waals surface area contributed by atoms with Gasteiger partial charge in [0, 0.05) is 47.0 Å². The van der Waals surface area contributed by atoms with Crippen molar-refractivity contribution in [2.75, 3.05) is 74.2 Å². The Labute approximate surface area is 314 Å². The van der Waals surface area contributed by atoms with Gasteiger partial charge in [-0.2, -0.15) is 0 Å². The summed E-state index contributed by atoms with van der Waals surface area (Å²) in [4.78, 5) is 0. The van der Waals surface area contributed by atoms with E-state index >= 15 is 0 Å². The van der Waals surface area contributed by atoms with E-state index in [0.717, 1.165) is 12.8 Å². The molecule has 6 saturated heterocycles. The third-order valence-corrected chi connectivity index (χ3v) is 8.34. The molecule has 6 aliphatic rings. The van der Waals surface area contributed by atoms with Gasteiger partial charge in [-0.05, 0) is 27.7 Å². The SMILES string of the molecule is CC.CC1(C)O[C@H]2O[C@H](CO)C[C@@H]2O1.COC1O[C@H](CO)C[C@@H]1O.COCCOC[C@@H]1C[C@@H]2OC(C)(C)O[C@H]2O1.COCCOC[C@@H]1C[C@H](O)C(O)O1. The molecule has 53 heavy (non-hydrogen) atoms. The summed E-state index contributed by atoms with van der Waals surface area (Å²) in [5.41, 5.74) is 0. The van der Waals surface area contributed by atoms with Crippen molar-refractivity contribution in [2.45, 2.75) is 153 Å². The van der Waals surface area contributed by atoms with Gasteiger partial charge in [-0.15, -0.1) is 0 Å². The molecule has 5 N–H and O–H groups in total. The quantitative estimate of drug-likeness (QED) is 0.160. The number of fused-ring (bicyclic) bond motifs is 2. The molecule has 0 saturated carbocycles. The number of ether oxygens (including phenoxy) is 13. The highest BCUT2D eigenvalue weighted by molar-refractivity contribution is 4.86. The number of aliphatic hydroxyl groups excluding tert-OH is 5. The zero-order valence-electron chi connectivity index (χ0n) is 33.0. The maximum atomic E-state index is 9.13. The van der Waals surface area contributed by atoms with Gasteiger partial charge in [0.05, 0.1) is 77.3 Å². The molecule has 0 aromatic heterocycles. The summed E-state index contributed by atoms with van der Waals surface area (Å²) in [6.07, 6.45) is -1.53. The molecule has 0 radical (unpaired) electrons. The molecule has 0 aromatic carbocycles. The highest BCUT2D eigenvalue weighted by atomic mass is 16.8. The average Bonchev–Trinajstić information content (AvgIpc) is 3.95. The number of rotatable bonds is 13. The molecular weight excluding hydrogens is 708 g/mol. The van der Waals surface area contributed by atoms with E-state index in [1.54, 1.807) is 14.2 Å². The molecule has 18 heteroatoms. The van der Waals surface area contributed by atoms with Crippen LogP contribution in [-0.2, 0) is 61.6 Å². The monoisotopic (exact) mass is 776 g/mol. The van der Waals surface area contributed by atoms with Crippen LogP contribution in [-0.4, -0.2) is 185 Å². The Morgan fingerprint density at radius 3 is 1.36 bits per heavy atom. The van der Waals surface area contributed by atoms with E-state index < -0.39 is 36.4 Å².